The molecule has 0 aliphatic heterocycles. The Morgan fingerprint density at radius 3 is 1.90 bits per heavy atom. The highest BCUT2D eigenvalue weighted by Crippen LogP contribution is 2.15. The molecule has 0 aliphatic carbocycles. The van der Waals surface area contributed by atoms with Crippen molar-refractivity contribution in [2.75, 3.05) is 0 Å². The lowest BCUT2D eigenvalue weighted by atomic mass is 9.90. The Morgan fingerprint density at radius 1 is 1.40 bits per heavy atom. The Kier molecular flexibility index (Phi) is 2.64. The van der Waals surface area contributed by atoms with Crippen LogP contribution in [0.4, 0.5) is 0 Å². The molecule has 2 N–H and O–H groups in total. The summed E-state index contributed by atoms with van der Waals surface area (Å²) in [6, 6.07) is 0. The molecule has 0 aliphatic rings. The van der Waals surface area contributed by atoms with Gasteiger partial charge in [0.1, 0.15) is 0 Å². The second-order valence-electron chi connectivity index (χ2n) is 3.42. The van der Waals surface area contributed by atoms with E-state index in [0.717, 1.165) is 0 Å². The molecule has 0 rings (SSSR count). The molecule has 0 fully saturated rings. The SMILES string of the molecule is C/C(O)=C/C(=[OH+])C(C)(C)C. The van der Waals surface area contributed by atoms with E-state index in [1.807, 2.05) is 20.8 Å². The van der Waals surface area contributed by atoms with Gasteiger partial charge in [-0.3, -0.25) is 4.79 Å². The van der Waals surface area contributed by atoms with E-state index in [-0.39, 0.29) is 17.0 Å². The third kappa shape index (κ3) is 3.28. The number of carbonyl (C=O) groups excluding carboxylic acids is 1. The van der Waals surface area contributed by atoms with Gasteiger partial charge in [-0.1, -0.05) is 0 Å². The van der Waals surface area contributed by atoms with Crippen molar-refractivity contribution in [3.05, 3.63) is 11.8 Å². The third-order valence-corrected chi connectivity index (χ3v) is 1.11. The second-order valence-corrected chi connectivity index (χ2v) is 3.42. The van der Waals surface area contributed by atoms with Gasteiger partial charge in [0.2, 0.25) is 0 Å². The van der Waals surface area contributed by atoms with Crippen LogP contribution in [0.3, 0.4) is 0 Å². The van der Waals surface area contributed by atoms with Crippen LogP contribution >= 0.6 is 0 Å². The number of aliphatic hydroxyl groups excluding tert-OH is 1. The van der Waals surface area contributed by atoms with Crippen LogP contribution < -0.4 is 0 Å². The van der Waals surface area contributed by atoms with Gasteiger partial charge in [-0.25, -0.2) is 0 Å². The van der Waals surface area contributed by atoms with Crippen LogP contribution in [0, 0.1) is 5.41 Å². The summed E-state index contributed by atoms with van der Waals surface area (Å²) >= 11 is 0. The first kappa shape index (κ1) is 9.21. The van der Waals surface area contributed by atoms with Crippen LogP contribution in [0.15, 0.2) is 11.8 Å². The lowest BCUT2D eigenvalue weighted by Gasteiger charge is -2.07. The summed E-state index contributed by atoms with van der Waals surface area (Å²) < 4.78 is 0. The molecule has 10 heavy (non-hydrogen) atoms. The smallest absolute Gasteiger partial charge is 0.324 e. The minimum absolute atomic E-state index is 0.132. The predicted molar refractivity (Wildman–Crippen MR) is 42.8 cm³/mol. The summed E-state index contributed by atoms with van der Waals surface area (Å²) in [5.41, 5.74) is -0.274. The normalized spacial score (nSPS) is 13.4. The molecule has 0 unspecified atom stereocenters. The Morgan fingerprint density at radius 2 is 1.80 bits per heavy atom. The van der Waals surface area contributed by atoms with E-state index in [4.69, 9.17) is 5.11 Å². The van der Waals surface area contributed by atoms with Crippen LogP contribution in [0.5, 0.6) is 0 Å². The zero-order valence-corrected chi connectivity index (χ0v) is 6.97. The Labute approximate surface area is 61.6 Å². The summed E-state index contributed by atoms with van der Waals surface area (Å²) in [5.74, 6) is 0.333. The Balaban J connectivity index is 4.27. The summed E-state index contributed by atoms with van der Waals surface area (Å²) in [6.45, 7) is 7.16. The van der Waals surface area contributed by atoms with Crippen molar-refractivity contribution in [3.63, 3.8) is 0 Å². The summed E-state index contributed by atoms with van der Waals surface area (Å²) in [5, 5.41) is 8.77. The molecule has 0 bridgehead atoms. The number of ketones is 1. The number of hydrogen-bond acceptors (Lipinski definition) is 1. The Hall–Kier alpha value is -0.790. The third-order valence-electron chi connectivity index (χ3n) is 1.11. The van der Waals surface area contributed by atoms with Crippen LogP contribution in [0.2, 0.25) is 0 Å². The fourth-order valence-electron chi connectivity index (χ4n) is 0.414. The van der Waals surface area contributed by atoms with Crippen LogP contribution in [0.1, 0.15) is 27.7 Å². The van der Waals surface area contributed by atoms with Gasteiger partial charge in [-0.2, -0.15) is 0 Å². The zero-order chi connectivity index (χ0) is 8.36. The van der Waals surface area contributed by atoms with Crippen molar-refractivity contribution in [2.45, 2.75) is 27.7 Å². The van der Waals surface area contributed by atoms with E-state index in [9.17, 15) is 4.79 Å². The first-order valence-corrected chi connectivity index (χ1v) is 3.27. The summed E-state index contributed by atoms with van der Waals surface area (Å²) in [4.78, 5) is 9.24. The molecule has 0 amide bonds. The first-order valence-electron chi connectivity index (χ1n) is 3.27. The monoisotopic (exact) mass is 143 g/mol. The maximum Gasteiger partial charge on any atom is 0.324 e. The fraction of sp³-hybridized carbons (Fsp3) is 0.625. The van der Waals surface area contributed by atoms with Crippen molar-refractivity contribution in [1.82, 2.24) is 0 Å². The quantitative estimate of drug-likeness (QED) is 0.340. The number of allylic oxidation sites excluding steroid dienone is 2. The zero-order valence-electron chi connectivity index (χ0n) is 6.97. The van der Waals surface area contributed by atoms with Crippen LogP contribution in [0.25, 0.3) is 0 Å². The van der Waals surface area contributed by atoms with E-state index in [2.05, 4.69) is 0 Å². The molecule has 2 nitrogen and oxygen atoms in total. The molecule has 0 aromatic carbocycles. The van der Waals surface area contributed by atoms with Crippen molar-refractivity contribution in [1.29, 1.82) is 0 Å². The molecule has 0 aromatic heterocycles. The highest BCUT2D eigenvalue weighted by molar-refractivity contribution is 5.95. The molecule has 0 spiro atoms. The van der Waals surface area contributed by atoms with E-state index in [1.165, 1.54) is 13.0 Å². The van der Waals surface area contributed by atoms with Gasteiger partial charge in [-0.15, -0.1) is 0 Å². The van der Waals surface area contributed by atoms with E-state index in [1.54, 1.807) is 0 Å². The summed E-state index contributed by atoms with van der Waals surface area (Å²) in [7, 11) is 0. The molecule has 0 radical (unpaired) electrons. The van der Waals surface area contributed by atoms with Gasteiger partial charge in [0.15, 0.2) is 0 Å². The molecule has 2 heteroatoms. The van der Waals surface area contributed by atoms with Crippen LogP contribution in [-0.4, -0.2) is 15.7 Å². The summed E-state index contributed by atoms with van der Waals surface area (Å²) in [6.07, 6.45) is 1.36. The molecule has 0 saturated heterocycles. The van der Waals surface area contributed by atoms with Gasteiger partial charge in [0.05, 0.1) is 17.3 Å². The van der Waals surface area contributed by atoms with Crippen LogP contribution in [-0.2, 0) is 0 Å². The standard InChI is InChI=1S/C8H14O2/c1-6(9)5-7(10)8(2,3)4/h5,9H,1-4H3/p+1/b6-5-. The molecule has 0 atom stereocenters. The molecule has 0 heterocycles. The number of aliphatic hydroxyl groups is 1. The number of hydrogen-bond donors (Lipinski definition) is 1. The van der Waals surface area contributed by atoms with Crippen molar-refractivity contribution < 1.29 is 9.90 Å². The van der Waals surface area contributed by atoms with E-state index < -0.39 is 0 Å². The lowest BCUT2D eigenvalue weighted by Crippen LogP contribution is -2.18. The number of rotatable bonds is 1. The maximum atomic E-state index is 9.24. The lowest BCUT2D eigenvalue weighted by molar-refractivity contribution is 0.412. The van der Waals surface area contributed by atoms with E-state index in [0.29, 0.717) is 0 Å². The second kappa shape index (κ2) is 2.86. The minimum atomic E-state index is -0.274. The molecular weight excluding hydrogens is 128 g/mol. The largest absolute Gasteiger partial charge is 0.512 e. The Bertz CT molecular complexity index is 157. The fourth-order valence-corrected chi connectivity index (χ4v) is 0.414. The first-order chi connectivity index (χ1) is 4.34. The molecular formula is C8H15O2+. The highest BCUT2D eigenvalue weighted by Gasteiger charge is 2.25. The van der Waals surface area contributed by atoms with Gasteiger partial charge < -0.3 is 5.11 Å². The van der Waals surface area contributed by atoms with Crippen molar-refractivity contribution >= 4 is 5.78 Å². The molecule has 58 valence electrons. The van der Waals surface area contributed by atoms with Crippen molar-refractivity contribution in [3.8, 4) is 0 Å². The van der Waals surface area contributed by atoms with Crippen molar-refractivity contribution in [2.24, 2.45) is 5.41 Å². The average molecular weight is 143 g/mol. The highest BCUT2D eigenvalue weighted by atomic mass is 16.3. The maximum absolute atomic E-state index is 9.24. The predicted octanol–water partition coefficient (Wildman–Crippen LogP) is 2.04. The van der Waals surface area contributed by atoms with E-state index >= 15 is 0 Å². The molecule has 0 aromatic rings. The topological polar surface area (TPSA) is 41.6 Å². The molecule has 0 saturated carbocycles. The van der Waals surface area contributed by atoms with Gasteiger partial charge in [0.25, 0.3) is 0 Å². The van der Waals surface area contributed by atoms with Gasteiger partial charge >= 0.3 is 5.78 Å². The van der Waals surface area contributed by atoms with Gasteiger partial charge in [-0.05, 0) is 27.7 Å². The minimum Gasteiger partial charge on any atom is -0.512 e. The van der Waals surface area contributed by atoms with Gasteiger partial charge in [0, 0.05) is 0 Å². The average Bonchev–Trinajstić information content (AvgIpc) is 1.60.